The molecular weight excluding hydrogens is 338 g/mol. The molecule has 2 aromatic carbocycles. The Morgan fingerprint density at radius 3 is 1.89 bits per heavy atom. The predicted octanol–water partition coefficient (Wildman–Crippen LogP) is 3.94. The molecule has 0 saturated carbocycles. The fraction of sp³-hybridized carbons (Fsp3) is 0.364. The molecule has 144 valence electrons. The zero-order chi connectivity index (χ0) is 19.8. The molecule has 0 spiro atoms. The molecule has 0 N–H and O–H groups in total. The monoisotopic (exact) mass is 367 g/mol. The third kappa shape index (κ3) is 5.33. The van der Waals surface area contributed by atoms with Gasteiger partial charge in [-0.15, -0.1) is 0 Å². The molecule has 5 nitrogen and oxygen atoms in total. The lowest BCUT2D eigenvalue weighted by atomic mass is 10.2. The zero-order valence-electron chi connectivity index (χ0n) is 16.7. The third-order valence-corrected chi connectivity index (χ3v) is 4.74. The first-order valence-corrected chi connectivity index (χ1v) is 9.42. The van der Waals surface area contributed by atoms with Crippen LogP contribution in [0.1, 0.15) is 27.2 Å². The average molecular weight is 367 g/mol. The Balaban J connectivity index is 2.05. The second kappa shape index (κ2) is 9.76. The van der Waals surface area contributed by atoms with Gasteiger partial charge in [0.15, 0.2) is 0 Å². The maximum Gasteiger partial charge on any atom is 0.228 e. The van der Waals surface area contributed by atoms with Crippen molar-refractivity contribution in [2.24, 2.45) is 0 Å². The fourth-order valence-corrected chi connectivity index (χ4v) is 3.07. The molecule has 0 aliphatic heterocycles. The van der Waals surface area contributed by atoms with E-state index in [4.69, 9.17) is 0 Å². The van der Waals surface area contributed by atoms with Crippen LogP contribution in [0.25, 0.3) is 0 Å². The second-order valence-electron chi connectivity index (χ2n) is 6.40. The summed E-state index contributed by atoms with van der Waals surface area (Å²) in [4.78, 5) is 30.2. The van der Waals surface area contributed by atoms with Crippen LogP contribution in [0, 0.1) is 0 Å². The van der Waals surface area contributed by atoms with E-state index in [0.717, 1.165) is 30.2 Å². The van der Waals surface area contributed by atoms with Gasteiger partial charge in [0.2, 0.25) is 11.8 Å². The highest BCUT2D eigenvalue weighted by Gasteiger charge is 2.16. The number of benzene rings is 2. The van der Waals surface area contributed by atoms with Gasteiger partial charge in [-0.2, -0.15) is 0 Å². The van der Waals surface area contributed by atoms with Crippen molar-refractivity contribution in [2.45, 2.75) is 27.2 Å². The van der Waals surface area contributed by atoms with Crippen LogP contribution in [0.15, 0.2) is 54.6 Å². The first kappa shape index (κ1) is 20.5. The molecule has 0 radical (unpaired) electrons. The molecule has 0 fully saturated rings. The predicted molar refractivity (Wildman–Crippen MR) is 112 cm³/mol. The molecule has 5 heteroatoms. The maximum absolute atomic E-state index is 12.5. The second-order valence-corrected chi connectivity index (χ2v) is 6.40. The van der Waals surface area contributed by atoms with Crippen LogP contribution in [-0.2, 0) is 9.59 Å². The molecule has 0 bridgehead atoms. The molecule has 0 aliphatic carbocycles. The van der Waals surface area contributed by atoms with Gasteiger partial charge in [0, 0.05) is 57.1 Å². The normalized spacial score (nSPS) is 10.4. The molecule has 2 amide bonds. The van der Waals surface area contributed by atoms with Crippen molar-refractivity contribution in [1.29, 1.82) is 0 Å². The molecule has 0 saturated heterocycles. The Labute approximate surface area is 162 Å². The number of amides is 2. The van der Waals surface area contributed by atoms with Crippen molar-refractivity contribution in [3.05, 3.63) is 54.6 Å². The van der Waals surface area contributed by atoms with Gasteiger partial charge in [0.25, 0.3) is 0 Å². The number of carbonyl (C=O) groups is 2. The van der Waals surface area contributed by atoms with Crippen molar-refractivity contribution in [3.63, 3.8) is 0 Å². The van der Waals surface area contributed by atoms with E-state index in [1.165, 1.54) is 6.92 Å². The molecule has 0 atom stereocenters. The number of hydrogen-bond donors (Lipinski definition) is 0. The molecule has 2 aromatic rings. The molecule has 0 aromatic heterocycles. The highest BCUT2D eigenvalue weighted by Crippen LogP contribution is 2.21. The number of anilines is 3. The Kier molecular flexibility index (Phi) is 7.41. The van der Waals surface area contributed by atoms with Gasteiger partial charge in [0.1, 0.15) is 0 Å². The minimum atomic E-state index is -0.0687. The lowest BCUT2D eigenvalue weighted by Gasteiger charge is -2.25. The summed E-state index contributed by atoms with van der Waals surface area (Å²) in [7, 11) is 1.76. The Hall–Kier alpha value is -2.82. The van der Waals surface area contributed by atoms with Gasteiger partial charge >= 0.3 is 0 Å². The van der Waals surface area contributed by atoms with Crippen LogP contribution in [-0.4, -0.2) is 38.5 Å². The standard InChI is InChI=1S/C22H29N3O2/c1-5-24(6-2)20-12-14-21(15-13-20)25(18(3)26)17-16-22(27)23(4)19-10-8-7-9-11-19/h7-15H,5-6,16-17H2,1-4H3. The highest BCUT2D eigenvalue weighted by molar-refractivity contribution is 5.95. The topological polar surface area (TPSA) is 43.9 Å². The van der Waals surface area contributed by atoms with Gasteiger partial charge in [-0.05, 0) is 50.2 Å². The molecule has 27 heavy (non-hydrogen) atoms. The van der Waals surface area contributed by atoms with E-state index in [-0.39, 0.29) is 18.2 Å². The smallest absolute Gasteiger partial charge is 0.228 e. The average Bonchev–Trinajstić information content (AvgIpc) is 2.69. The largest absolute Gasteiger partial charge is 0.372 e. The summed E-state index contributed by atoms with van der Waals surface area (Å²) in [6.07, 6.45) is 0.267. The van der Waals surface area contributed by atoms with E-state index < -0.39 is 0 Å². The maximum atomic E-state index is 12.5. The Morgan fingerprint density at radius 2 is 1.37 bits per heavy atom. The first-order chi connectivity index (χ1) is 13.0. The summed E-state index contributed by atoms with van der Waals surface area (Å²) in [5, 5.41) is 0. The number of hydrogen-bond acceptors (Lipinski definition) is 3. The summed E-state index contributed by atoms with van der Waals surface area (Å²) in [6, 6.07) is 17.4. The highest BCUT2D eigenvalue weighted by atomic mass is 16.2. The van der Waals surface area contributed by atoms with E-state index in [2.05, 4.69) is 18.7 Å². The summed E-state index contributed by atoms with van der Waals surface area (Å²) in [6.45, 7) is 8.00. The van der Waals surface area contributed by atoms with Gasteiger partial charge in [-0.25, -0.2) is 0 Å². The van der Waals surface area contributed by atoms with Crippen LogP contribution in [0.5, 0.6) is 0 Å². The van der Waals surface area contributed by atoms with Crippen LogP contribution in [0.4, 0.5) is 17.1 Å². The van der Waals surface area contributed by atoms with E-state index in [1.54, 1.807) is 16.8 Å². The molecule has 0 unspecified atom stereocenters. The lowest BCUT2D eigenvalue weighted by Crippen LogP contribution is -2.34. The summed E-state index contributed by atoms with van der Waals surface area (Å²) in [5.74, 6) is -0.0898. The van der Waals surface area contributed by atoms with Gasteiger partial charge in [0.05, 0.1) is 0 Å². The van der Waals surface area contributed by atoms with Crippen LogP contribution in [0.2, 0.25) is 0 Å². The quantitative estimate of drug-likeness (QED) is 0.710. The minimum absolute atomic E-state index is 0.0211. The zero-order valence-corrected chi connectivity index (χ0v) is 16.7. The van der Waals surface area contributed by atoms with Crippen molar-refractivity contribution >= 4 is 28.9 Å². The van der Waals surface area contributed by atoms with Crippen molar-refractivity contribution in [2.75, 3.05) is 41.4 Å². The number of para-hydroxylation sites is 1. The first-order valence-electron chi connectivity index (χ1n) is 9.42. The van der Waals surface area contributed by atoms with Crippen molar-refractivity contribution < 1.29 is 9.59 Å². The van der Waals surface area contributed by atoms with Gasteiger partial charge in [-0.3, -0.25) is 9.59 Å². The van der Waals surface area contributed by atoms with Gasteiger partial charge < -0.3 is 14.7 Å². The SMILES string of the molecule is CCN(CC)c1ccc(N(CCC(=O)N(C)c2ccccc2)C(C)=O)cc1. The fourth-order valence-electron chi connectivity index (χ4n) is 3.07. The van der Waals surface area contributed by atoms with Crippen molar-refractivity contribution in [3.8, 4) is 0 Å². The number of rotatable bonds is 8. The summed E-state index contributed by atoms with van der Waals surface area (Å²) in [5.41, 5.74) is 2.79. The van der Waals surface area contributed by atoms with E-state index in [0.29, 0.717) is 6.54 Å². The van der Waals surface area contributed by atoms with Gasteiger partial charge in [-0.1, -0.05) is 18.2 Å². The lowest BCUT2D eigenvalue weighted by molar-refractivity contribution is -0.118. The molecule has 0 aliphatic rings. The Bertz CT molecular complexity index is 740. The van der Waals surface area contributed by atoms with E-state index in [9.17, 15) is 9.59 Å². The number of nitrogens with zero attached hydrogens (tertiary/aromatic N) is 3. The third-order valence-electron chi connectivity index (χ3n) is 4.74. The van der Waals surface area contributed by atoms with E-state index >= 15 is 0 Å². The molecule has 0 heterocycles. The van der Waals surface area contributed by atoms with Crippen LogP contribution in [0.3, 0.4) is 0 Å². The van der Waals surface area contributed by atoms with E-state index in [1.807, 2.05) is 54.6 Å². The molecular formula is C22H29N3O2. The van der Waals surface area contributed by atoms with Crippen molar-refractivity contribution in [1.82, 2.24) is 0 Å². The summed E-state index contributed by atoms with van der Waals surface area (Å²) >= 11 is 0. The molecule has 2 rings (SSSR count). The Morgan fingerprint density at radius 1 is 0.815 bits per heavy atom. The minimum Gasteiger partial charge on any atom is -0.372 e. The summed E-state index contributed by atoms with van der Waals surface area (Å²) < 4.78 is 0. The van der Waals surface area contributed by atoms with Crippen LogP contribution >= 0.6 is 0 Å². The number of carbonyl (C=O) groups excluding carboxylic acids is 2. The van der Waals surface area contributed by atoms with Crippen LogP contribution < -0.4 is 14.7 Å².